The fourth-order valence-corrected chi connectivity index (χ4v) is 8.69. The van der Waals surface area contributed by atoms with Crippen molar-refractivity contribution in [2.75, 3.05) is 55.7 Å². The molecule has 3 aliphatic heterocycles. The van der Waals surface area contributed by atoms with E-state index in [-0.39, 0.29) is 29.4 Å². The Labute approximate surface area is 314 Å². The summed E-state index contributed by atoms with van der Waals surface area (Å²) in [6, 6.07) is 17.3. The zero-order chi connectivity index (χ0) is 37.9. The third-order valence-electron chi connectivity index (χ3n) is 11.2. The van der Waals surface area contributed by atoms with Gasteiger partial charge in [0.25, 0.3) is 0 Å². The van der Waals surface area contributed by atoms with Gasteiger partial charge >= 0.3 is 11.9 Å². The van der Waals surface area contributed by atoms with E-state index in [1.54, 1.807) is 32.6 Å². The molecule has 2 fully saturated rings. The van der Waals surface area contributed by atoms with E-state index < -0.39 is 24.1 Å². The first-order valence-corrected chi connectivity index (χ1v) is 18.0. The third-order valence-corrected chi connectivity index (χ3v) is 11.2. The minimum Gasteiger partial charge on any atom is -0.497 e. The zero-order valence-electron chi connectivity index (χ0n) is 31.4. The van der Waals surface area contributed by atoms with E-state index in [4.69, 9.17) is 38.0 Å². The first-order valence-electron chi connectivity index (χ1n) is 18.0. The summed E-state index contributed by atoms with van der Waals surface area (Å²) in [4.78, 5) is 38.2. The number of ether oxygens (including phenoxy) is 7. The van der Waals surface area contributed by atoms with Crippen LogP contribution in [0.4, 0.5) is 0 Å². The van der Waals surface area contributed by atoms with Crippen molar-refractivity contribution in [2.24, 2.45) is 17.8 Å². The van der Waals surface area contributed by atoms with Crippen LogP contribution in [-0.2, 0) is 25.4 Å². The molecule has 0 bridgehead atoms. The number of rotatable bonds is 8. The lowest BCUT2D eigenvalue weighted by Gasteiger charge is -2.52. The highest BCUT2D eigenvalue weighted by atomic mass is 16.6. The molecule has 0 radical (unpaired) electrons. The maximum Gasteiger partial charge on any atom is 0.338 e. The van der Waals surface area contributed by atoms with Gasteiger partial charge < -0.3 is 43.0 Å². The summed E-state index contributed by atoms with van der Waals surface area (Å²) in [6.07, 6.45) is 4.66. The van der Waals surface area contributed by atoms with Crippen LogP contribution in [0.2, 0.25) is 0 Å². The molecule has 54 heavy (non-hydrogen) atoms. The van der Waals surface area contributed by atoms with E-state index in [2.05, 4.69) is 21.4 Å². The molecule has 1 aliphatic carbocycles. The van der Waals surface area contributed by atoms with Crippen LogP contribution in [-0.4, -0.2) is 89.8 Å². The molecule has 13 heteroatoms. The quantitative estimate of drug-likeness (QED) is 0.214. The van der Waals surface area contributed by atoms with Crippen LogP contribution < -0.4 is 29.3 Å². The first kappa shape index (κ1) is 36.9. The maximum atomic E-state index is 13.5. The lowest BCUT2D eigenvalue weighted by Crippen LogP contribution is -2.58. The molecular formula is C41H47N3O10. The van der Waals surface area contributed by atoms with Gasteiger partial charge in [-0.15, -0.1) is 0 Å². The number of nitrogens with zero attached hydrogens (tertiary/aromatic N) is 1. The Morgan fingerprint density at radius 2 is 1.67 bits per heavy atom. The van der Waals surface area contributed by atoms with Crippen molar-refractivity contribution in [3.05, 3.63) is 83.2 Å². The number of nitrogens with one attached hydrogen (secondary N) is 2. The smallest absolute Gasteiger partial charge is 0.338 e. The maximum absolute atomic E-state index is 13.5. The molecule has 286 valence electrons. The van der Waals surface area contributed by atoms with Gasteiger partial charge in [-0.1, -0.05) is 18.2 Å². The van der Waals surface area contributed by atoms with Crippen LogP contribution in [0.5, 0.6) is 28.7 Å². The first-order chi connectivity index (χ1) is 26.3. The predicted molar refractivity (Wildman–Crippen MR) is 200 cm³/mol. The molecule has 1 saturated carbocycles. The molecule has 3 aromatic carbocycles. The van der Waals surface area contributed by atoms with Crippen molar-refractivity contribution >= 4 is 28.9 Å². The number of aromatic nitrogens is 1. The molecule has 0 amide bonds. The summed E-state index contributed by atoms with van der Waals surface area (Å²) in [6.45, 7) is 1.68. The fourth-order valence-electron chi connectivity index (χ4n) is 8.69. The number of carbonyl (C=O) groups is 2. The molecule has 6 atom stereocenters. The molecule has 1 saturated heterocycles. The van der Waals surface area contributed by atoms with E-state index in [0.717, 1.165) is 48.5 Å². The van der Waals surface area contributed by atoms with Crippen LogP contribution in [0.1, 0.15) is 46.1 Å². The fraction of sp³-hybridized carbons (Fsp3) is 0.415. The lowest BCUT2D eigenvalue weighted by atomic mass is 9.63. The van der Waals surface area contributed by atoms with Crippen LogP contribution in [0.25, 0.3) is 17.0 Å². The molecule has 13 nitrogen and oxygen atoms in total. The molecule has 2 N–H and O–H groups in total. The van der Waals surface area contributed by atoms with Crippen molar-refractivity contribution in [1.82, 2.24) is 15.4 Å². The standard InChI is InChI=1S/C33H40N2O9.C8H7NO/c1-38-19-7-8-20-21-9-10-35-16-18-13-27(44-32(36)17-11-25(39-2)30(41-4)26(12-17)40-3)31(42-5)28(33(37)43-6)22(18)15-24(35)29(21)34-23(20)14-19;1-2-4-8-7(3-1)5-6-9-10-8/h7-8,11-12,14,18,22,24,27-28,31,34H,9-10,13,15-16H2,1-6H3;1-6,9H/t18-,22+,24-,27-,28+,31+;/m1./s1. The Bertz CT molecular complexity index is 2000. The number of aromatic amines is 1. The van der Waals surface area contributed by atoms with Gasteiger partial charge in [0.1, 0.15) is 18.0 Å². The minimum absolute atomic E-state index is 0.0170. The molecular weight excluding hydrogens is 694 g/mol. The normalized spacial score (nSPS) is 23.7. The number of benzene rings is 3. The predicted octanol–water partition coefficient (Wildman–Crippen LogP) is 5.73. The van der Waals surface area contributed by atoms with E-state index >= 15 is 0 Å². The third kappa shape index (κ3) is 6.89. The van der Waals surface area contributed by atoms with Crippen molar-refractivity contribution in [1.29, 1.82) is 0 Å². The zero-order valence-corrected chi connectivity index (χ0v) is 31.4. The highest BCUT2D eigenvalue weighted by molar-refractivity contribution is 5.91. The second kappa shape index (κ2) is 15.9. The molecule has 1 aromatic heterocycles. The number of hydroxylamine groups is 1. The second-order valence-corrected chi connectivity index (χ2v) is 13.8. The van der Waals surface area contributed by atoms with Crippen molar-refractivity contribution in [3.63, 3.8) is 0 Å². The highest BCUT2D eigenvalue weighted by Gasteiger charge is 2.54. The van der Waals surface area contributed by atoms with Crippen LogP contribution in [0, 0.1) is 17.8 Å². The van der Waals surface area contributed by atoms with Gasteiger partial charge in [0, 0.05) is 54.6 Å². The monoisotopic (exact) mass is 741 g/mol. The Morgan fingerprint density at radius 1 is 0.889 bits per heavy atom. The summed E-state index contributed by atoms with van der Waals surface area (Å²) < 4.78 is 39.1. The summed E-state index contributed by atoms with van der Waals surface area (Å²) in [5, 5.41) is 1.21. The van der Waals surface area contributed by atoms with Gasteiger partial charge in [-0.2, -0.15) is 0 Å². The van der Waals surface area contributed by atoms with Crippen molar-refractivity contribution in [3.8, 4) is 28.7 Å². The molecule has 0 unspecified atom stereocenters. The number of hydrogen-bond donors (Lipinski definition) is 2. The minimum atomic E-state index is -0.670. The molecule has 4 aromatic rings. The largest absolute Gasteiger partial charge is 0.497 e. The van der Waals surface area contributed by atoms with Gasteiger partial charge in [-0.3, -0.25) is 9.69 Å². The van der Waals surface area contributed by atoms with E-state index in [0.29, 0.717) is 23.7 Å². The summed E-state index contributed by atoms with van der Waals surface area (Å²) in [7, 11) is 9.10. The van der Waals surface area contributed by atoms with Gasteiger partial charge in [-0.05, 0) is 73.1 Å². The van der Waals surface area contributed by atoms with Crippen molar-refractivity contribution in [2.45, 2.75) is 37.5 Å². The number of methoxy groups -OCH3 is 6. The number of esters is 2. The van der Waals surface area contributed by atoms with Crippen molar-refractivity contribution < 1.29 is 47.6 Å². The Morgan fingerprint density at radius 3 is 2.35 bits per heavy atom. The Kier molecular flexibility index (Phi) is 10.9. The van der Waals surface area contributed by atoms with Gasteiger partial charge in [0.05, 0.1) is 53.1 Å². The number of fused-ring (bicyclic) bond motifs is 7. The SMILES string of the molecule is C1=Cc2ccccc2ON1.COC(=O)[C@H]1[C@H]2C[C@@H]3c4[nH]c5cc(OC)ccc5c4CCN3C[C@H]2C[C@@H](OC(=O)c2cc(OC)c(OC)c(OC)c2)[C@@H]1OC. The van der Waals surface area contributed by atoms with Gasteiger partial charge in [0.2, 0.25) is 5.75 Å². The average molecular weight is 742 g/mol. The molecule has 4 aliphatic rings. The van der Waals surface area contributed by atoms with E-state index in [1.807, 2.05) is 42.5 Å². The van der Waals surface area contributed by atoms with Gasteiger partial charge in [-0.25, -0.2) is 10.3 Å². The summed E-state index contributed by atoms with van der Waals surface area (Å²) >= 11 is 0. The van der Waals surface area contributed by atoms with Crippen LogP contribution in [0.3, 0.4) is 0 Å². The summed E-state index contributed by atoms with van der Waals surface area (Å²) in [5.74, 6) is 1.32. The second-order valence-electron chi connectivity index (χ2n) is 13.8. The number of piperidine rings is 1. The van der Waals surface area contributed by atoms with Gasteiger partial charge in [0.15, 0.2) is 17.2 Å². The van der Waals surface area contributed by atoms with E-state index in [1.165, 1.54) is 45.1 Å². The highest BCUT2D eigenvalue weighted by Crippen LogP contribution is 2.51. The lowest BCUT2D eigenvalue weighted by molar-refractivity contribution is -0.176. The Hall–Kier alpha value is -5.40. The Balaban J connectivity index is 0.000000386. The number of carbonyl (C=O) groups excluding carboxylic acids is 2. The average Bonchev–Trinajstić information content (AvgIpc) is 3.60. The number of para-hydroxylation sites is 1. The topological polar surface area (TPSA) is 139 Å². The number of H-pyrrole nitrogens is 1. The molecule has 0 spiro atoms. The van der Waals surface area contributed by atoms with E-state index in [9.17, 15) is 9.59 Å². The van der Waals surface area contributed by atoms with Crippen LogP contribution in [0.15, 0.2) is 60.8 Å². The molecule has 4 heterocycles. The summed E-state index contributed by atoms with van der Waals surface area (Å²) in [5.41, 5.74) is 7.60. The van der Waals surface area contributed by atoms with Crippen LogP contribution >= 0.6 is 0 Å². The number of hydrogen-bond acceptors (Lipinski definition) is 12. The molecule has 8 rings (SSSR count).